The van der Waals surface area contributed by atoms with Gasteiger partial charge in [0.25, 0.3) is 0 Å². The fourth-order valence-electron chi connectivity index (χ4n) is 3.18. The molecular formula is C22H14N2O4. The molecule has 0 aliphatic carbocycles. The molecule has 0 saturated heterocycles. The lowest BCUT2D eigenvalue weighted by Crippen LogP contribution is -2.13. The second-order valence-corrected chi connectivity index (χ2v) is 6.12. The number of hydrogen-bond donors (Lipinski definition) is 2. The molecule has 0 fully saturated rings. The van der Waals surface area contributed by atoms with Crippen molar-refractivity contribution in [3.63, 3.8) is 0 Å². The second-order valence-electron chi connectivity index (χ2n) is 6.12. The molecule has 1 heterocycles. The average molecular weight is 370 g/mol. The van der Waals surface area contributed by atoms with Gasteiger partial charge in [-0.2, -0.15) is 0 Å². The summed E-state index contributed by atoms with van der Waals surface area (Å²) in [7, 11) is 0. The Kier molecular flexibility index (Phi) is 4.29. The largest absolute Gasteiger partial charge is 0.476 e. The molecule has 0 aliphatic rings. The van der Waals surface area contributed by atoms with Crippen molar-refractivity contribution in [1.29, 1.82) is 0 Å². The van der Waals surface area contributed by atoms with E-state index in [1.54, 1.807) is 6.07 Å². The van der Waals surface area contributed by atoms with E-state index in [-0.39, 0.29) is 0 Å². The first-order valence-corrected chi connectivity index (χ1v) is 8.48. The van der Waals surface area contributed by atoms with Crippen molar-refractivity contribution in [2.75, 3.05) is 0 Å². The average Bonchev–Trinajstić information content (AvgIpc) is 2.73. The topological polar surface area (TPSA) is 100 Å². The van der Waals surface area contributed by atoms with Gasteiger partial charge in [-0.15, -0.1) is 0 Å². The monoisotopic (exact) mass is 370 g/mol. The van der Waals surface area contributed by atoms with Crippen molar-refractivity contribution in [2.24, 2.45) is 0 Å². The van der Waals surface area contributed by atoms with E-state index in [1.807, 2.05) is 66.7 Å². The molecule has 4 aromatic rings. The van der Waals surface area contributed by atoms with Crippen LogP contribution < -0.4 is 0 Å². The van der Waals surface area contributed by atoms with Gasteiger partial charge in [0, 0.05) is 5.56 Å². The molecule has 0 radical (unpaired) electrons. The molecule has 4 rings (SSSR count). The van der Waals surface area contributed by atoms with Gasteiger partial charge in [-0.1, -0.05) is 66.7 Å². The number of carboxylic acid groups (broad SMARTS) is 2. The third kappa shape index (κ3) is 2.97. The normalized spacial score (nSPS) is 10.7. The Morgan fingerprint density at radius 2 is 1.18 bits per heavy atom. The third-order valence-corrected chi connectivity index (χ3v) is 4.39. The number of carbonyl (C=O) groups is 2. The first-order valence-electron chi connectivity index (χ1n) is 8.48. The Labute approximate surface area is 159 Å². The first-order chi connectivity index (χ1) is 13.6. The van der Waals surface area contributed by atoms with Crippen molar-refractivity contribution in [2.45, 2.75) is 0 Å². The Bertz CT molecular complexity index is 1210. The minimum Gasteiger partial charge on any atom is -0.476 e. The predicted molar refractivity (Wildman–Crippen MR) is 104 cm³/mol. The molecule has 0 saturated carbocycles. The molecule has 2 N–H and O–H groups in total. The van der Waals surface area contributed by atoms with Gasteiger partial charge in [-0.3, -0.25) is 0 Å². The summed E-state index contributed by atoms with van der Waals surface area (Å²) in [5.74, 6) is -2.86. The zero-order chi connectivity index (χ0) is 19.7. The minimum absolute atomic E-state index is 0.320. The fraction of sp³-hybridized carbons (Fsp3) is 0. The maximum atomic E-state index is 11.6. The molecule has 1 aromatic heterocycles. The summed E-state index contributed by atoms with van der Waals surface area (Å²) >= 11 is 0. The Balaban J connectivity index is 2.13. The lowest BCUT2D eigenvalue weighted by Gasteiger charge is -2.14. The van der Waals surface area contributed by atoms with E-state index in [9.17, 15) is 19.8 Å². The lowest BCUT2D eigenvalue weighted by atomic mass is 9.93. The quantitative estimate of drug-likeness (QED) is 0.554. The third-order valence-electron chi connectivity index (χ3n) is 4.39. The maximum absolute atomic E-state index is 11.6. The first kappa shape index (κ1) is 17.4. The highest BCUT2D eigenvalue weighted by Gasteiger charge is 2.23. The number of carboxylic acids is 2. The van der Waals surface area contributed by atoms with Crippen LogP contribution in [0.4, 0.5) is 0 Å². The van der Waals surface area contributed by atoms with Crippen LogP contribution in [0.5, 0.6) is 0 Å². The van der Waals surface area contributed by atoms with Gasteiger partial charge in [-0.05, 0) is 22.8 Å². The van der Waals surface area contributed by atoms with Crippen molar-refractivity contribution in [3.05, 3.63) is 84.2 Å². The minimum atomic E-state index is -1.43. The van der Waals surface area contributed by atoms with Crippen LogP contribution in [0.1, 0.15) is 21.0 Å². The van der Waals surface area contributed by atoms with Gasteiger partial charge < -0.3 is 10.2 Å². The summed E-state index contributed by atoms with van der Waals surface area (Å²) in [5.41, 5.74) is 2.83. The fourth-order valence-corrected chi connectivity index (χ4v) is 3.18. The van der Waals surface area contributed by atoms with E-state index in [0.717, 1.165) is 16.7 Å². The molecule has 0 bridgehead atoms. The molecule has 28 heavy (non-hydrogen) atoms. The number of benzene rings is 3. The van der Waals surface area contributed by atoms with Crippen molar-refractivity contribution in [1.82, 2.24) is 9.97 Å². The Morgan fingerprint density at radius 1 is 0.643 bits per heavy atom. The number of fused-ring (bicyclic) bond motifs is 1. The highest BCUT2D eigenvalue weighted by Crippen LogP contribution is 2.37. The van der Waals surface area contributed by atoms with Crippen LogP contribution in [0.25, 0.3) is 33.3 Å². The van der Waals surface area contributed by atoms with Crippen molar-refractivity contribution < 1.29 is 19.8 Å². The Hall–Kier alpha value is -4.06. The van der Waals surface area contributed by atoms with Gasteiger partial charge in [0.1, 0.15) is 0 Å². The smallest absolute Gasteiger partial charge is 0.357 e. The number of aromatic nitrogens is 2. The van der Waals surface area contributed by atoms with Crippen LogP contribution in [0.3, 0.4) is 0 Å². The van der Waals surface area contributed by atoms with Gasteiger partial charge in [0.15, 0.2) is 11.4 Å². The molecular weight excluding hydrogens is 356 g/mol. The number of nitrogens with zero attached hydrogens (tertiary/aromatic N) is 2. The summed E-state index contributed by atoms with van der Waals surface area (Å²) in [5, 5.41) is 18.8. The molecule has 136 valence electrons. The van der Waals surface area contributed by atoms with Crippen LogP contribution >= 0.6 is 0 Å². The maximum Gasteiger partial charge on any atom is 0.357 e. The van der Waals surface area contributed by atoms with Crippen LogP contribution in [0.2, 0.25) is 0 Å². The Morgan fingerprint density at radius 3 is 1.75 bits per heavy atom. The van der Waals surface area contributed by atoms with E-state index in [2.05, 4.69) is 9.97 Å². The van der Waals surface area contributed by atoms with Crippen LogP contribution in [-0.2, 0) is 0 Å². The summed E-state index contributed by atoms with van der Waals surface area (Å²) in [4.78, 5) is 31.3. The SMILES string of the molecule is O=C(O)c1nc2ccc(-c3ccccc3)c(-c3ccccc3)c2nc1C(=O)O. The van der Waals surface area contributed by atoms with Crippen molar-refractivity contribution >= 4 is 23.0 Å². The van der Waals surface area contributed by atoms with Gasteiger partial charge in [-0.25, -0.2) is 19.6 Å². The second kappa shape index (κ2) is 6.92. The molecule has 6 nitrogen and oxygen atoms in total. The van der Waals surface area contributed by atoms with Crippen LogP contribution in [-0.4, -0.2) is 32.1 Å². The lowest BCUT2D eigenvalue weighted by molar-refractivity contribution is 0.0642. The summed E-state index contributed by atoms with van der Waals surface area (Å²) in [6, 6.07) is 22.6. The van der Waals surface area contributed by atoms with Crippen molar-refractivity contribution in [3.8, 4) is 22.3 Å². The molecule has 0 spiro atoms. The molecule has 0 amide bonds. The zero-order valence-electron chi connectivity index (χ0n) is 14.5. The number of rotatable bonds is 4. The molecule has 0 aliphatic heterocycles. The highest BCUT2D eigenvalue weighted by molar-refractivity contribution is 6.05. The van der Waals surface area contributed by atoms with E-state index < -0.39 is 23.3 Å². The van der Waals surface area contributed by atoms with Gasteiger partial charge in [0.2, 0.25) is 0 Å². The number of aromatic carboxylic acids is 2. The van der Waals surface area contributed by atoms with Gasteiger partial charge in [0.05, 0.1) is 11.0 Å². The summed E-state index contributed by atoms with van der Waals surface area (Å²) < 4.78 is 0. The van der Waals surface area contributed by atoms with Gasteiger partial charge >= 0.3 is 11.9 Å². The molecule has 3 aromatic carbocycles. The standard InChI is InChI=1S/C22H14N2O4/c25-21(26)19-20(22(27)28)24-18-16(23-19)12-11-15(13-7-3-1-4-8-13)17(18)14-9-5-2-6-10-14/h1-12H,(H,25,26)(H,27,28). The summed E-state index contributed by atoms with van der Waals surface area (Å²) in [6.07, 6.45) is 0. The van der Waals surface area contributed by atoms with E-state index in [4.69, 9.17) is 0 Å². The van der Waals surface area contributed by atoms with Crippen LogP contribution in [0, 0.1) is 0 Å². The highest BCUT2D eigenvalue weighted by atomic mass is 16.4. The number of hydrogen-bond acceptors (Lipinski definition) is 4. The van der Waals surface area contributed by atoms with Crippen LogP contribution in [0.15, 0.2) is 72.8 Å². The van der Waals surface area contributed by atoms with E-state index in [0.29, 0.717) is 16.6 Å². The zero-order valence-corrected chi connectivity index (χ0v) is 14.5. The molecule has 0 unspecified atom stereocenters. The molecule has 0 atom stereocenters. The predicted octanol–water partition coefficient (Wildman–Crippen LogP) is 4.36. The van der Waals surface area contributed by atoms with E-state index in [1.165, 1.54) is 0 Å². The summed E-state index contributed by atoms with van der Waals surface area (Å²) in [6.45, 7) is 0. The van der Waals surface area contributed by atoms with E-state index >= 15 is 0 Å². The molecule has 6 heteroatoms.